The zero-order valence-corrected chi connectivity index (χ0v) is 14.3. The average Bonchev–Trinajstić information content (AvgIpc) is 2.92. The van der Waals surface area contributed by atoms with E-state index in [1.54, 1.807) is 0 Å². The molecule has 1 spiro atoms. The smallest absolute Gasteiger partial charge is 0.0857 e. The fourth-order valence-corrected chi connectivity index (χ4v) is 5.48. The summed E-state index contributed by atoms with van der Waals surface area (Å²) in [4.78, 5) is 2.40. The van der Waals surface area contributed by atoms with Crippen molar-refractivity contribution >= 4 is 11.8 Å². The minimum atomic E-state index is 0.168. The predicted octanol–water partition coefficient (Wildman–Crippen LogP) is 1.60. The molecule has 3 heterocycles. The molecule has 3 saturated heterocycles. The fourth-order valence-electron chi connectivity index (χ4n) is 4.10. The molecule has 4 unspecified atom stereocenters. The Morgan fingerprint density at radius 1 is 1.43 bits per heavy atom. The SMILES string of the molecule is CCNC(C1CCOC2(CCSC2)C1)C1CN(C)CCO1. The largest absolute Gasteiger partial charge is 0.374 e. The molecule has 0 bridgehead atoms. The van der Waals surface area contributed by atoms with Gasteiger partial charge in [-0.05, 0) is 44.5 Å². The first kappa shape index (κ1) is 16.1. The first-order valence-electron chi connectivity index (χ1n) is 8.48. The van der Waals surface area contributed by atoms with Gasteiger partial charge in [-0.25, -0.2) is 0 Å². The van der Waals surface area contributed by atoms with Gasteiger partial charge < -0.3 is 19.7 Å². The van der Waals surface area contributed by atoms with Gasteiger partial charge in [0.05, 0.1) is 18.3 Å². The molecule has 0 radical (unpaired) electrons. The van der Waals surface area contributed by atoms with Crippen molar-refractivity contribution in [3.8, 4) is 0 Å². The van der Waals surface area contributed by atoms with Crippen molar-refractivity contribution in [1.29, 1.82) is 0 Å². The molecular weight excluding hydrogens is 284 g/mol. The lowest BCUT2D eigenvalue weighted by atomic mass is 9.79. The number of ether oxygens (including phenoxy) is 2. The Bertz CT molecular complexity index is 336. The van der Waals surface area contributed by atoms with Gasteiger partial charge in [-0.3, -0.25) is 0 Å². The number of thioether (sulfide) groups is 1. The topological polar surface area (TPSA) is 33.7 Å². The highest BCUT2D eigenvalue weighted by Crippen LogP contribution is 2.42. The number of likely N-dealkylation sites (N-methyl/N-ethyl adjacent to an activating group) is 2. The molecule has 3 aliphatic rings. The monoisotopic (exact) mass is 314 g/mol. The van der Waals surface area contributed by atoms with Crippen LogP contribution in [0.1, 0.15) is 26.2 Å². The van der Waals surface area contributed by atoms with E-state index < -0.39 is 0 Å². The molecule has 4 atom stereocenters. The van der Waals surface area contributed by atoms with Gasteiger partial charge in [0.2, 0.25) is 0 Å². The molecule has 122 valence electrons. The third kappa shape index (κ3) is 3.75. The van der Waals surface area contributed by atoms with Crippen molar-refractivity contribution in [3.05, 3.63) is 0 Å². The molecule has 0 aromatic rings. The molecule has 0 aliphatic carbocycles. The van der Waals surface area contributed by atoms with Crippen LogP contribution in [-0.4, -0.2) is 74.0 Å². The van der Waals surface area contributed by atoms with Crippen LogP contribution >= 0.6 is 11.8 Å². The quantitative estimate of drug-likeness (QED) is 0.852. The number of rotatable bonds is 4. The second-order valence-electron chi connectivity index (χ2n) is 6.84. The van der Waals surface area contributed by atoms with Crippen molar-refractivity contribution in [2.24, 2.45) is 5.92 Å². The van der Waals surface area contributed by atoms with E-state index in [2.05, 4.69) is 35.9 Å². The van der Waals surface area contributed by atoms with E-state index in [1.807, 2.05) is 0 Å². The lowest BCUT2D eigenvalue weighted by molar-refractivity contribution is -0.107. The van der Waals surface area contributed by atoms with Gasteiger partial charge >= 0.3 is 0 Å². The van der Waals surface area contributed by atoms with E-state index in [-0.39, 0.29) is 5.60 Å². The van der Waals surface area contributed by atoms with E-state index >= 15 is 0 Å². The maximum Gasteiger partial charge on any atom is 0.0857 e. The molecule has 3 rings (SSSR count). The summed E-state index contributed by atoms with van der Waals surface area (Å²) in [6.45, 7) is 7.14. The molecule has 4 nitrogen and oxygen atoms in total. The Labute approximate surface area is 133 Å². The summed E-state index contributed by atoms with van der Waals surface area (Å²) in [5.41, 5.74) is 0.168. The molecule has 3 aliphatic heterocycles. The van der Waals surface area contributed by atoms with Crippen LogP contribution in [0.15, 0.2) is 0 Å². The summed E-state index contributed by atoms with van der Waals surface area (Å²) in [6, 6.07) is 0.476. The minimum absolute atomic E-state index is 0.168. The van der Waals surface area contributed by atoms with Gasteiger partial charge in [0.25, 0.3) is 0 Å². The number of hydrogen-bond donors (Lipinski definition) is 1. The Morgan fingerprint density at radius 2 is 2.33 bits per heavy atom. The van der Waals surface area contributed by atoms with Gasteiger partial charge in [0.15, 0.2) is 0 Å². The van der Waals surface area contributed by atoms with Crippen molar-refractivity contribution in [3.63, 3.8) is 0 Å². The molecule has 21 heavy (non-hydrogen) atoms. The molecule has 3 fully saturated rings. The Morgan fingerprint density at radius 3 is 3.05 bits per heavy atom. The van der Waals surface area contributed by atoms with Crippen LogP contribution in [-0.2, 0) is 9.47 Å². The maximum atomic E-state index is 6.19. The highest BCUT2D eigenvalue weighted by molar-refractivity contribution is 7.99. The standard InChI is InChI=1S/C16H30N2O2S/c1-3-17-15(14-11-18(2)6-8-19-14)13-4-7-20-16(10-13)5-9-21-12-16/h13-15,17H,3-12H2,1-2H3. The predicted molar refractivity (Wildman–Crippen MR) is 88.1 cm³/mol. The second-order valence-corrected chi connectivity index (χ2v) is 7.95. The lowest BCUT2D eigenvalue weighted by Crippen LogP contribution is -2.57. The summed E-state index contributed by atoms with van der Waals surface area (Å²) in [5, 5.41) is 3.73. The molecule has 0 amide bonds. The fraction of sp³-hybridized carbons (Fsp3) is 1.00. The van der Waals surface area contributed by atoms with Crippen LogP contribution in [0.5, 0.6) is 0 Å². The van der Waals surface area contributed by atoms with Gasteiger partial charge in [0.1, 0.15) is 0 Å². The average molecular weight is 314 g/mol. The normalized spacial score (nSPS) is 39.7. The summed E-state index contributed by atoms with van der Waals surface area (Å²) < 4.78 is 12.3. The van der Waals surface area contributed by atoms with Crippen LogP contribution in [0.3, 0.4) is 0 Å². The molecular formula is C16H30N2O2S. The highest BCUT2D eigenvalue weighted by atomic mass is 32.2. The lowest BCUT2D eigenvalue weighted by Gasteiger charge is -2.45. The van der Waals surface area contributed by atoms with Gasteiger partial charge in [-0.15, -0.1) is 0 Å². The third-order valence-corrected chi connectivity index (χ3v) is 6.47. The van der Waals surface area contributed by atoms with E-state index in [1.165, 1.54) is 30.8 Å². The first-order chi connectivity index (χ1) is 10.2. The van der Waals surface area contributed by atoms with Crippen LogP contribution in [0.2, 0.25) is 0 Å². The minimum Gasteiger partial charge on any atom is -0.374 e. The van der Waals surface area contributed by atoms with Crippen LogP contribution in [0.25, 0.3) is 0 Å². The van der Waals surface area contributed by atoms with Crippen LogP contribution in [0.4, 0.5) is 0 Å². The molecule has 0 saturated carbocycles. The summed E-state index contributed by atoms with van der Waals surface area (Å²) in [7, 11) is 2.21. The Hall–Kier alpha value is 0.190. The summed E-state index contributed by atoms with van der Waals surface area (Å²) >= 11 is 2.06. The maximum absolute atomic E-state index is 6.19. The Balaban J connectivity index is 1.67. The highest BCUT2D eigenvalue weighted by Gasteiger charge is 2.44. The van der Waals surface area contributed by atoms with Crippen molar-refractivity contribution in [1.82, 2.24) is 10.2 Å². The van der Waals surface area contributed by atoms with E-state index in [0.717, 1.165) is 32.8 Å². The third-order valence-electron chi connectivity index (χ3n) is 5.24. The van der Waals surface area contributed by atoms with Gasteiger partial charge in [0, 0.05) is 31.5 Å². The van der Waals surface area contributed by atoms with Crippen LogP contribution < -0.4 is 5.32 Å². The van der Waals surface area contributed by atoms with Crippen molar-refractivity contribution in [2.75, 3.05) is 51.4 Å². The number of hydrogen-bond acceptors (Lipinski definition) is 5. The number of morpholine rings is 1. The molecule has 1 N–H and O–H groups in total. The molecule has 5 heteroatoms. The second kappa shape index (κ2) is 7.18. The molecule has 0 aromatic carbocycles. The number of nitrogens with one attached hydrogen (secondary N) is 1. The summed E-state index contributed by atoms with van der Waals surface area (Å²) in [5.74, 6) is 3.14. The van der Waals surface area contributed by atoms with E-state index in [4.69, 9.17) is 9.47 Å². The number of nitrogens with zero attached hydrogens (tertiary/aromatic N) is 1. The van der Waals surface area contributed by atoms with E-state index in [9.17, 15) is 0 Å². The van der Waals surface area contributed by atoms with Crippen LogP contribution in [0, 0.1) is 5.92 Å². The van der Waals surface area contributed by atoms with Crippen molar-refractivity contribution in [2.45, 2.75) is 43.9 Å². The zero-order valence-electron chi connectivity index (χ0n) is 13.5. The zero-order chi connectivity index (χ0) is 14.7. The molecule has 0 aromatic heterocycles. The van der Waals surface area contributed by atoms with E-state index in [0.29, 0.717) is 18.1 Å². The Kier molecular flexibility index (Phi) is 5.49. The first-order valence-corrected chi connectivity index (χ1v) is 9.63. The summed E-state index contributed by atoms with van der Waals surface area (Å²) in [6.07, 6.45) is 3.95. The van der Waals surface area contributed by atoms with Gasteiger partial charge in [-0.2, -0.15) is 11.8 Å². The van der Waals surface area contributed by atoms with Crippen molar-refractivity contribution < 1.29 is 9.47 Å². The van der Waals surface area contributed by atoms with Gasteiger partial charge in [-0.1, -0.05) is 6.92 Å².